The molecule has 0 radical (unpaired) electrons. The Labute approximate surface area is 176 Å². The maximum absolute atomic E-state index is 13.2. The number of fused-ring (bicyclic) bond motifs is 2. The number of hydrogen-bond acceptors (Lipinski definition) is 5. The minimum atomic E-state index is 0.0402. The lowest BCUT2D eigenvalue weighted by Gasteiger charge is -2.30. The van der Waals surface area contributed by atoms with Crippen LogP contribution in [0.15, 0.2) is 41.2 Å². The molecule has 30 heavy (non-hydrogen) atoms. The number of aryl methyl sites for hydroxylation is 1. The van der Waals surface area contributed by atoms with Crippen LogP contribution in [0.2, 0.25) is 0 Å². The van der Waals surface area contributed by atoms with Crippen molar-refractivity contribution in [1.29, 1.82) is 0 Å². The number of benzene rings is 2. The van der Waals surface area contributed by atoms with E-state index in [0.29, 0.717) is 24.0 Å². The van der Waals surface area contributed by atoms with Gasteiger partial charge in [0.25, 0.3) is 0 Å². The van der Waals surface area contributed by atoms with Crippen LogP contribution in [0.4, 0.5) is 0 Å². The standard InChI is InChI=1S/C24H29N3O3/c1-25-22-7-5-18(29-14-12-26-8-2-9-26)16-21(22)24(28)20-6-4-19(17-23(20)25)30-15-13-27-10-3-11-27/h4-7,16-17H,2-3,8-15H2,1H3. The summed E-state index contributed by atoms with van der Waals surface area (Å²) in [4.78, 5) is 17.9. The summed E-state index contributed by atoms with van der Waals surface area (Å²) in [5.41, 5.74) is 1.83. The number of pyridine rings is 1. The number of hydrogen-bond donors (Lipinski definition) is 0. The largest absolute Gasteiger partial charge is 0.492 e. The topological polar surface area (TPSA) is 46.9 Å². The van der Waals surface area contributed by atoms with Crippen molar-refractivity contribution >= 4 is 21.8 Å². The van der Waals surface area contributed by atoms with Gasteiger partial charge in [-0.15, -0.1) is 0 Å². The van der Waals surface area contributed by atoms with Crippen molar-refractivity contribution < 1.29 is 9.47 Å². The molecule has 5 rings (SSSR count). The quantitative estimate of drug-likeness (QED) is 0.538. The summed E-state index contributed by atoms with van der Waals surface area (Å²) in [6, 6.07) is 11.6. The van der Waals surface area contributed by atoms with E-state index in [1.54, 1.807) is 0 Å². The molecule has 0 bridgehead atoms. The number of ether oxygens (including phenoxy) is 2. The molecule has 2 aliphatic rings. The SMILES string of the molecule is Cn1c2ccc(OCCN3CCC3)cc2c(=O)c2ccc(OCCN3CCC3)cc21. The van der Waals surface area contributed by atoms with Crippen LogP contribution in [0.3, 0.4) is 0 Å². The summed E-state index contributed by atoms with van der Waals surface area (Å²) in [6.07, 6.45) is 2.57. The maximum atomic E-state index is 13.2. The molecule has 0 saturated carbocycles. The Kier molecular flexibility index (Phi) is 5.35. The smallest absolute Gasteiger partial charge is 0.197 e. The fourth-order valence-electron chi connectivity index (χ4n) is 4.22. The van der Waals surface area contributed by atoms with Gasteiger partial charge in [0.15, 0.2) is 5.43 Å². The van der Waals surface area contributed by atoms with E-state index >= 15 is 0 Å². The van der Waals surface area contributed by atoms with Gasteiger partial charge in [-0.1, -0.05) is 0 Å². The van der Waals surface area contributed by atoms with Gasteiger partial charge >= 0.3 is 0 Å². The van der Waals surface area contributed by atoms with Crippen molar-refractivity contribution in [2.75, 3.05) is 52.5 Å². The number of nitrogens with zero attached hydrogens (tertiary/aromatic N) is 3. The van der Waals surface area contributed by atoms with Crippen molar-refractivity contribution in [2.45, 2.75) is 12.8 Å². The molecular weight excluding hydrogens is 378 g/mol. The molecule has 0 spiro atoms. The molecule has 2 aromatic carbocycles. The maximum Gasteiger partial charge on any atom is 0.197 e. The van der Waals surface area contributed by atoms with Gasteiger partial charge in [-0.05, 0) is 69.4 Å². The molecule has 3 heterocycles. The lowest BCUT2D eigenvalue weighted by molar-refractivity contribution is 0.147. The Bertz CT molecular complexity index is 1120. The first-order valence-corrected chi connectivity index (χ1v) is 11.0. The molecule has 1 aromatic heterocycles. The molecule has 3 aromatic rings. The highest BCUT2D eigenvalue weighted by atomic mass is 16.5. The first-order chi connectivity index (χ1) is 14.7. The fourth-order valence-corrected chi connectivity index (χ4v) is 4.22. The van der Waals surface area contributed by atoms with Crippen molar-refractivity contribution in [3.05, 3.63) is 46.6 Å². The zero-order chi connectivity index (χ0) is 20.5. The Balaban J connectivity index is 1.38. The van der Waals surface area contributed by atoms with Crippen molar-refractivity contribution in [3.8, 4) is 11.5 Å². The second kappa shape index (κ2) is 8.28. The highest BCUT2D eigenvalue weighted by molar-refractivity contribution is 5.94. The predicted octanol–water partition coefficient (Wildman–Crippen LogP) is 2.86. The van der Waals surface area contributed by atoms with Crippen LogP contribution in [-0.2, 0) is 7.05 Å². The van der Waals surface area contributed by atoms with E-state index in [1.807, 2.05) is 43.4 Å². The van der Waals surface area contributed by atoms with Gasteiger partial charge < -0.3 is 14.0 Å². The number of aromatic nitrogens is 1. The van der Waals surface area contributed by atoms with Gasteiger partial charge in [0.2, 0.25) is 0 Å². The number of likely N-dealkylation sites (tertiary alicyclic amines) is 2. The zero-order valence-corrected chi connectivity index (χ0v) is 17.6. The fraction of sp³-hybridized carbons (Fsp3) is 0.458. The lowest BCUT2D eigenvalue weighted by Crippen LogP contribution is -2.39. The van der Waals surface area contributed by atoms with Gasteiger partial charge in [-0.3, -0.25) is 14.6 Å². The average Bonchev–Trinajstić information content (AvgIpc) is 2.69. The Hall–Kier alpha value is -2.57. The summed E-state index contributed by atoms with van der Waals surface area (Å²) >= 11 is 0. The second-order valence-electron chi connectivity index (χ2n) is 8.33. The second-order valence-corrected chi connectivity index (χ2v) is 8.33. The predicted molar refractivity (Wildman–Crippen MR) is 120 cm³/mol. The molecule has 2 aliphatic heterocycles. The van der Waals surface area contributed by atoms with Gasteiger partial charge in [0, 0.05) is 37.0 Å². The van der Waals surface area contributed by atoms with E-state index < -0.39 is 0 Å². The minimum Gasteiger partial charge on any atom is -0.492 e. The van der Waals surface area contributed by atoms with Gasteiger partial charge in [0.1, 0.15) is 24.7 Å². The third kappa shape index (κ3) is 3.77. The lowest BCUT2D eigenvalue weighted by atomic mass is 10.1. The highest BCUT2D eigenvalue weighted by Gasteiger charge is 2.15. The molecule has 0 atom stereocenters. The molecule has 6 heteroatoms. The van der Waals surface area contributed by atoms with Gasteiger partial charge in [0.05, 0.1) is 11.0 Å². The van der Waals surface area contributed by atoms with Crippen molar-refractivity contribution in [1.82, 2.24) is 14.4 Å². The molecular formula is C24H29N3O3. The van der Waals surface area contributed by atoms with E-state index in [9.17, 15) is 4.79 Å². The molecule has 158 valence electrons. The summed E-state index contributed by atoms with van der Waals surface area (Å²) in [6.45, 7) is 7.89. The van der Waals surface area contributed by atoms with E-state index in [1.165, 1.54) is 25.9 Å². The zero-order valence-electron chi connectivity index (χ0n) is 17.6. The summed E-state index contributed by atoms with van der Waals surface area (Å²) in [5, 5.41) is 1.40. The third-order valence-corrected chi connectivity index (χ3v) is 6.40. The van der Waals surface area contributed by atoms with Crippen LogP contribution >= 0.6 is 0 Å². The van der Waals surface area contributed by atoms with E-state index in [0.717, 1.165) is 48.7 Å². The average molecular weight is 408 g/mol. The molecule has 0 N–H and O–H groups in total. The first-order valence-electron chi connectivity index (χ1n) is 11.0. The molecule has 2 fully saturated rings. The molecule has 0 amide bonds. The van der Waals surface area contributed by atoms with Crippen LogP contribution in [0.5, 0.6) is 11.5 Å². The van der Waals surface area contributed by atoms with Crippen LogP contribution in [-0.4, -0.2) is 66.8 Å². The summed E-state index contributed by atoms with van der Waals surface area (Å²) < 4.78 is 13.9. The third-order valence-electron chi connectivity index (χ3n) is 6.40. The van der Waals surface area contributed by atoms with Crippen LogP contribution in [0.25, 0.3) is 21.8 Å². The normalized spacial score (nSPS) is 17.1. The molecule has 2 saturated heterocycles. The Morgan fingerprint density at radius 2 is 1.37 bits per heavy atom. The highest BCUT2D eigenvalue weighted by Crippen LogP contribution is 2.25. The van der Waals surface area contributed by atoms with Crippen LogP contribution < -0.4 is 14.9 Å². The van der Waals surface area contributed by atoms with Crippen molar-refractivity contribution in [3.63, 3.8) is 0 Å². The Morgan fingerprint density at radius 1 is 0.767 bits per heavy atom. The van der Waals surface area contributed by atoms with E-state index in [2.05, 4.69) is 14.4 Å². The monoisotopic (exact) mass is 407 g/mol. The minimum absolute atomic E-state index is 0.0402. The van der Waals surface area contributed by atoms with Crippen LogP contribution in [0, 0.1) is 0 Å². The number of rotatable bonds is 8. The molecule has 0 aliphatic carbocycles. The summed E-state index contributed by atoms with van der Waals surface area (Å²) in [7, 11) is 2.00. The van der Waals surface area contributed by atoms with Gasteiger partial charge in [-0.2, -0.15) is 0 Å². The molecule has 6 nitrogen and oxygen atoms in total. The summed E-state index contributed by atoms with van der Waals surface area (Å²) in [5.74, 6) is 1.56. The van der Waals surface area contributed by atoms with Crippen LogP contribution in [0.1, 0.15) is 12.8 Å². The van der Waals surface area contributed by atoms with E-state index in [4.69, 9.17) is 9.47 Å². The van der Waals surface area contributed by atoms with E-state index in [-0.39, 0.29) is 5.43 Å². The van der Waals surface area contributed by atoms with Crippen molar-refractivity contribution in [2.24, 2.45) is 7.05 Å². The van der Waals surface area contributed by atoms with Gasteiger partial charge in [-0.25, -0.2) is 0 Å². The first kappa shape index (κ1) is 19.4. The Morgan fingerprint density at radius 3 is 1.97 bits per heavy atom. The molecule has 0 unspecified atom stereocenters.